The third kappa shape index (κ3) is 2.64. The molecular weight excluding hydrogens is 254 g/mol. The highest BCUT2D eigenvalue weighted by molar-refractivity contribution is 7.80. The summed E-state index contributed by atoms with van der Waals surface area (Å²) in [5.41, 5.74) is 1.37. The fourth-order valence-electron chi connectivity index (χ4n) is 3.36. The average Bonchev–Trinajstić information content (AvgIpc) is 2.89. The zero-order valence-electron chi connectivity index (χ0n) is 11.6. The van der Waals surface area contributed by atoms with Gasteiger partial charge in [-0.25, -0.2) is 0 Å². The van der Waals surface area contributed by atoms with Crippen LogP contribution in [0.15, 0.2) is 18.3 Å². The van der Waals surface area contributed by atoms with E-state index in [0.717, 1.165) is 18.2 Å². The molecular formula is C15H23N3S. The van der Waals surface area contributed by atoms with Gasteiger partial charge in [0.25, 0.3) is 0 Å². The highest BCUT2D eigenvalue weighted by atomic mass is 32.1. The molecule has 4 heteroatoms. The number of fused-ring (bicyclic) bond motifs is 1. The van der Waals surface area contributed by atoms with Gasteiger partial charge in [0.15, 0.2) is 5.11 Å². The van der Waals surface area contributed by atoms with Crippen LogP contribution in [-0.2, 0) is 6.54 Å². The number of nitrogens with zero attached hydrogens (tertiary/aromatic N) is 2. The Hall–Kier alpha value is -1.03. The highest BCUT2D eigenvalue weighted by Crippen LogP contribution is 2.26. The van der Waals surface area contributed by atoms with Gasteiger partial charge in [0.1, 0.15) is 0 Å². The molecule has 1 saturated carbocycles. The van der Waals surface area contributed by atoms with Gasteiger partial charge >= 0.3 is 0 Å². The van der Waals surface area contributed by atoms with Gasteiger partial charge in [-0.1, -0.05) is 19.3 Å². The molecule has 0 amide bonds. The Morgan fingerprint density at radius 2 is 2.05 bits per heavy atom. The summed E-state index contributed by atoms with van der Waals surface area (Å²) in [4.78, 5) is 2.35. The first-order valence-electron chi connectivity index (χ1n) is 7.48. The summed E-state index contributed by atoms with van der Waals surface area (Å²) >= 11 is 5.64. The number of aromatic nitrogens is 1. The highest BCUT2D eigenvalue weighted by Gasteiger charge is 2.26. The Labute approximate surface area is 121 Å². The third-order valence-corrected chi connectivity index (χ3v) is 4.89. The molecule has 0 saturated heterocycles. The fourth-order valence-corrected chi connectivity index (χ4v) is 3.78. The van der Waals surface area contributed by atoms with E-state index in [9.17, 15) is 0 Å². The molecule has 1 atom stereocenters. The molecule has 1 aliphatic carbocycles. The second kappa shape index (κ2) is 5.53. The number of rotatable bonds is 1. The summed E-state index contributed by atoms with van der Waals surface area (Å²) in [6, 6.07) is 5.32. The van der Waals surface area contributed by atoms with Crippen molar-refractivity contribution in [3.05, 3.63) is 24.0 Å². The summed E-state index contributed by atoms with van der Waals surface area (Å²) in [6.45, 7) is 4.31. The quantitative estimate of drug-likeness (QED) is 0.797. The van der Waals surface area contributed by atoms with Crippen molar-refractivity contribution >= 4 is 17.3 Å². The van der Waals surface area contributed by atoms with E-state index in [1.165, 1.54) is 37.8 Å². The summed E-state index contributed by atoms with van der Waals surface area (Å²) in [7, 11) is 0. The van der Waals surface area contributed by atoms with Crippen LogP contribution in [0.1, 0.15) is 50.8 Å². The Bertz CT molecular complexity index is 448. The molecule has 3 nitrogen and oxygen atoms in total. The lowest BCUT2D eigenvalue weighted by molar-refractivity contribution is 0.263. The zero-order chi connectivity index (χ0) is 13.2. The van der Waals surface area contributed by atoms with E-state index in [4.69, 9.17) is 12.2 Å². The van der Waals surface area contributed by atoms with E-state index in [1.54, 1.807) is 0 Å². The standard InChI is InChI=1S/C15H23N3S/c1-12-14-8-5-9-17(14)10-11-18(12)15(19)16-13-6-3-2-4-7-13/h5,8-9,12-13H,2-4,6-7,10-11H2,1H3,(H,16,19). The van der Waals surface area contributed by atoms with Gasteiger partial charge in [-0.05, 0) is 44.1 Å². The van der Waals surface area contributed by atoms with Crippen molar-refractivity contribution in [1.82, 2.24) is 14.8 Å². The van der Waals surface area contributed by atoms with E-state index < -0.39 is 0 Å². The van der Waals surface area contributed by atoms with Crippen molar-refractivity contribution < 1.29 is 0 Å². The number of nitrogens with one attached hydrogen (secondary N) is 1. The van der Waals surface area contributed by atoms with Crippen LogP contribution in [0.4, 0.5) is 0 Å². The molecule has 0 bridgehead atoms. The van der Waals surface area contributed by atoms with Crippen LogP contribution in [0, 0.1) is 0 Å². The van der Waals surface area contributed by atoms with Crippen LogP contribution < -0.4 is 5.32 Å². The Morgan fingerprint density at radius 3 is 2.84 bits per heavy atom. The SMILES string of the molecule is CC1c2cccn2CCN1C(=S)NC1CCCCC1. The molecule has 0 spiro atoms. The van der Waals surface area contributed by atoms with Gasteiger partial charge < -0.3 is 14.8 Å². The normalized spacial score (nSPS) is 24.1. The van der Waals surface area contributed by atoms with Crippen LogP contribution in [0.3, 0.4) is 0 Å². The molecule has 1 aromatic heterocycles. The molecule has 1 aromatic rings. The third-order valence-electron chi connectivity index (χ3n) is 4.54. The van der Waals surface area contributed by atoms with Gasteiger partial charge in [-0.2, -0.15) is 0 Å². The monoisotopic (exact) mass is 277 g/mol. The topological polar surface area (TPSA) is 20.2 Å². The minimum absolute atomic E-state index is 0.382. The minimum Gasteiger partial charge on any atom is -0.360 e. The molecule has 1 unspecified atom stereocenters. The van der Waals surface area contributed by atoms with Crippen molar-refractivity contribution in [2.24, 2.45) is 0 Å². The molecule has 1 N–H and O–H groups in total. The van der Waals surface area contributed by atoms with Gasteiger partial charge in [-0.15, -0.1) is 0 Å². The second-order valence-corrected chi connectivity index (χ2v) is 6.17. The lowest BCUT2D eigenvalue weighted by atomic mass is 9.96. The predicted molar refractivity (Wildman–Crippen MR) is 82.2 cm³/mol. The van der Waals surface area contributed by atoms with Crippen molar-refractivity contribution in [1.29, 1.82) is 0 Å². The maximum atomic E-state index is 5.64. The molecule has 3 rings (SSSR count). The van der Waals surface area contributed by atoms with E-state index >= 15 is 0 Å². The first-order valence-corrected chi connectivity index (χ1v) is 7.88. The largest absolute Gasteiger partial charge is 0.360 e. The smallest absolute Gasteiger partial charge is 0.169 e. The van der Waals surface area contributed by atoms with Crippen LogP contribution in [-0.4, -0.2) is 27.2 Å². The number of hydrogen-bond acceptors (Lipinski definition) is 1. The second-order valence-electron chi connectivity index (χ2n) is 5.78. The Balaban J connectivity index is 1.64. The van der Waals surface area contributed by atoms with E-state index in [2.05, 4.69) is 40.0 Å². The number of thiocarbonyl (C=S) groups is 1. The van der Waals surface area contributed by atoms with Crippen LogP contribution in [0.25, 0.3) is 0 Å². The molecule has 2 aliphatic rings. The molecule has 2 heterocycles. The zero-order valence-corrected chi connectivity index (χ0v) is 12.5. The van der Waals surface area contributed by atoms with Gasteiger partial charge in [0.05, 0.1) is 6.04 Å². The maximum absolute atomic E-state index is 5.64. The molecule has 0 aromatic carbocycles. The molecule has 0 radical (unpaired) electrons. The van der Waals surface area contributed by atoms with Gasteiger partial charge in [0.2, 0.25) is 0 Å². The first-order chi connectivity index (χ1) is 9.25. The van der Waals surface area contributed by atoms with Crippen molar-refractivity contribution in [2.45, 2.75) is 57.7 Å². The summed E-state index contributed by atoms with van der Waals surface area (Å²) in [5, 5.41) is 4.54. The predicted octanol–water partition coefficient (Wildman–Crippen LogP) is 3.07. The van der Waals surface area contributed by atoms with Crippen LogP contribution >= 0.6 is 12.2 Å². The lowest BCUT2D eigenvalue weighted by Crippen LogP contribution is -2.49. The van der Waals surface area contributed by atoms with Crippen LogP contribution in [0.2, 0.25) is 0 Å². The van der Waals surface area contributed by atoms with Crippen molar-refractivity contribution in [3.63, 3.8) is 0 Å². The number of hydrogen-bond donors (Lipinski definition) is 1. The van der Waals surface area contributed by atoms with E-state index in [1.807, 2.05) is 0 Å². The van der Waals surface area contributed by atoms with Crippen molar-refractivity contribution in [3.8, 4) is 0 Å². The summed E-state index contributed by atoms with van der Waals surface area (Å²) < 4.78 is 2.34. The van der Waals surface area contributed by atoms with Crippen molar-refractivity contribution in [2.75, 3.05) is 6.54 Å². The molecule has 19 heavy (non-hydrogen) atoms. The molecule has 1 aliphatic heterocycles. The Kier molecular flexibility index (Phi) is 3.78. The molecule has 104 valence electrons. The van der Waals surface area contributed by atoms with E-state index in [0.29, 0.717) is 12.1 Å². The van der Waals surface area contributed by atoms with E-state index in [-0.39, 0.29) is 0 Å². The Morgan fingerprint density at radius 1 is 1.26 bits per heavy atom. The summed E-state index contributed by atoms with van der Waals surface area (Å²) in [5.74, 6) is 0. The van der Waals surface area contributed by atoms with Gasteiger partial charge in [0, 0.05) is 31.0 Å². The van der Waals surface area contributed by atoms with Gasteiger partial charge in [-0.3, -0.25) is 0 Å². The summed E-state index contributed by atoms with van der Waals surface area (Å²) in [6.07, 6.45) is 8.80. The minimum atomic E-state index is 0.382. The average molecular weight is 277 g/mol. The molecule has 1 fully saturated rings. The van der Waals surface area contributed by atoms with Crippen LogP contribution in [0.5, 0.6) is 0 Å². The first kappa shape index (κ1) is 13.0. The lowest BCUT2D eigenvalue weighted by Gasteiger charge is -2.38. The fraction of sp³-hybridized carbons (Fsp3) is 0.667. The maximum Gasteiger partial charge on any atom is 0.169 e.